The lowest BCUT2D eigenvalue weighted by atomic mass is 9.95. The number of piperazine rings is 1. The molecule has 2 amide bonds. The van der Waals surface area contributed by atoms with Crippen molar-refractivity contribution in [3.63, 3.8) is 0 Å². The van der Waals surface area contributed by atoms with Crippen LogP contribution in [0, 0.1) is 16.8 Å². The van der Waals surface area contributed by atoms with Gasteiger partial charge in [0.05, 0.1) is 29.5 Å². The van der Waals surface area contributed by atoms with Crippen LogP contribution in [0.1, 0.15) is 54.9 Å². The van der Waals surface area contributed by atoms with Crippen LogP contribution >= 0.6 is 0 Å². The second kappa shape index (κ2) is 11.0. The lowest BCUT2D eigenvalue weighted by molar-refractivity contribution is -0.618. The number of benzene rings is 1. The number of nitrogens with zero attached hydrogens (tertiary/aromatic N) is 5. The highest BCUT2D eigenvalue weighted by Crippen LogP contribution is 2.33. The van der Waals surface area contributed by atoms with Gasteiger partial charge in [-0.05, 0) is 45.7 Å². The molecule has 216 valence electrons. The molecule has 0 radical (unpaired) electrons. The van der Waals surface area contributed by atoms with Crippen molar-refractivity contribution < 1.29 is 32.9 Å². The van der Waals surface area contributed by atoms with Gasteiger partial charge >= 0.3 is 0 Å². The number of carbonyl (C=O) groups excluding carboxylic acids is 2. The Kier molecular flexibility index (Phi) is 7.58. The van der Waals surface area contributed by atoms with Crippen LogP contribution < -0.4 is 14.8 Å². The highest BCUT2D eigenvalue weighted by atomic mass is 19.1. The van der Waals surface area contributed by atoms with Gasteiger partial charge in [-0.15, -0.1) is 0 Å². The number of amides is 2. The van der Waals surface area contributed by atoms with E-state index in [4.69, 9.17) is 4.74 Å². The highest BCUT2D eigenvalue weighted by Gasteiger charge is 2.42. The number of aliphatic hydroxyl groups is 1. The average Bonchev–Trinajstić information content (AvgIpc) is 3.32. The first-order valence-corrected chi connectivity index (χ1v) is 13.2. The first-order chi connectivity index (χ1) is 19.4. The molecular formula is C28H30F2N6O5. The number of hydrogen-bond donors (Lipinski definition) is 2. The largest absolute Gasteiger partial charge is 0.618 e. The topological polar surface area (TPSA) is 135 Å². The van der Waals surface area contributed by atoms with Crippen molar-refractivity contribution in [1.29, 1.82) is 0 Å². The van der Waals surface area contributed by atoms with Gasteiger partial charge in [-0.3, -0.25) is 14.5 Å². The maximum absolute atomic E-state index is 13.8. The molecule has 3 aromatic rings. The Bertz CT molecular complexity index is 1490. The van der Waals surface area contributed by atoms with Crippen molar-refractivity contribution in [2.24, 2.45) is 0 Å². The predicted octanol–water partition coefficient (Wildman–Crippen LogP) is 2.72. The quantitative estimate of drug-likeness (QED) is 0.343. The van der Waals surface area contributed by atoms with Gasteiger partial charge in [-0.1, -0.05) is 0 Å². The number of rotatable bonds is 6. The van der Waals surface area contributed by atoms with Crippen LogP contribution in [-0.4, -0.2) is 67.9 Å². The third kappa shape index (κ3) is 5.68. The number of aliphatic hydroxyl groups excluding tert-OH is 1. The van der Waals surface area contributed by atoms with Crippen molar-refractivity contribution in [2.45, 2.75) is 51.3 Å². The number of ether oxygens (including phenoxy) is 1. The lowest BCUT2D eigenvalue weighted by Crippen LogP contribution is -2.63. The molecule has 0 spiro atoms. The second-order valence-electron chi connectivity index (χ2n) is 10.8. The van der Waals surface area contributed by atoms with Gasteiger partial charge in [-0.2, -0.15) is 4.73 Å². The Labute approximate surface area is 235 Å². The van der Waals surface area contributed by atoms with Crippen LogP contribution in [-0.2, 0) is 11.2 Å². The predicted molar refractivity (Wildman–Crippen MR) is 142 cm³/mol. The number of carbonyl (C=O) groups is 2. The van der Waals surface area contributed by atoms with Crippen LogP contribution in [0.15, 0.2) is 42.9 Å². The second-order valence-corrected chi connectivity index (χ2v) is 10.8. The third-order valence-electron chi connectivity index (χ3n) is 7.55. The van der Waals surface area contributed by atoms with Gasteiger partial charge < -0.3 is 25.3 Å². The minimum absolute atomic E-state index is 0.0345. The van der Waals surface area contributed by atoms with Gasteiger partial charge in [0.15, 0.2) is 23.6 Å². The molecule has 11 nitrogen and oxygen atoms in total. The van der Waals surface area contributed by atoms with Gasteiger partial charge in [0.1, 0.15) is 11.9 Å². The van der Waals surface area contributed by atoms with Crippen LogP contribution in [0.4, 0.5) is 14.6 Å². The third-order valence-corrected chi connectivity index (χ3v) is 7.55. The standard InChI is InChI=1S/C28H30F2N6O5/c1-16(26(38)33-23-13-32-24(14-31-23)41-22-7-4-17(29)12-20(22)30)34-10-11-35(28(2,3)15-34)27(39)19-8-9-36(40)25-18(19)5-6-21(25)37/h4,7-9,12-14,16,21,37H,5-6,10-11,15H2,1-3H3,(H,31,33,38)/t16-,21?/m0/s1. The Morgan fingerprint density at radius 3 is 2.68 bits per heavy atom. The van der Waals surface area contributed by atoms with Crippen molar-refractivity contribution in [3.8, 4) is 11.6 Å². The molecule has 2 N–H and O–H groups in total. The monoisotopic (exact) mass is 568 g/mol. The summed E-state index contributed by atoms with van der Waals surface area (Å²) in [6.07, 6.45) is 3.72. The van der Waals surface area contributed by atoms with E-state index in [1.165, 1.54) is 24.7 Å². The number of hydrogen-bond acceptors (Lipinski definition) is 8. The van der Waals surface area contributed by atoms with Crippen LogP contribution in [0.5, 0.6) is 11.6 Å². The van der Waals surface area contributed by atoms with Crippen molar-refractivity contribution in [1.82, 2.24) is 19.8 Å². The van der Waals surface area contributed by atoms with E-state index in [2.05, 4.69) is 15.3 Å². The highest BCUT2D eigenvalue weighted by molar-refractivity contribution is 5.96. The Morgan fingerprint density at radius 1 is 1.22 bits per heavy atom. The molecule has 5 rings (SSSR count). The molecule has 41 heavy (non-hydrogen) atoms. The fraction of sp³-hybridized carbons (Fsp3) is 0.393. The molecule has 2 aromatic heterocycles. The molecule has 0 saturated carbocycles. The molecule has 2 atom stereocenters. The molecule has 0 bridgehead atoms. The van der Waals surface area contributed by atoms with Crippen LogP contribution in [0.2, 0.25) is 0 Å². The van der Waals surface area contributed by atoms with E-state index in [-0.39, 0.29) is 35.0 Å². The van der Waals surface area contributed by atoms with E-state index in [1.54, 1.807) is 11.8 Å². The zero-order valence-corrected chi connectivity index (χ0v) is 22.8. The van der Waals surface area contributed by atoms with Gasteiger partial charge in [0.2, 0.25) is 17.5 Å². The van der Waals surface area contributed by atoms with Crippen LogP contribution in [0.3, 0.4) is 0 Å². The average molecular weight is 569 g/mol. The number of aromatic nitrogens is 3. The van der Waals surface area contributed by atoms with E-state index < -0.39 is 29.3 Å². The minimum Gasteiger partial charge on any atom is -0.618 e. The van der Waals surface area contributed by atoms with Crippen molar-refractivity contribution >= 4 is 17.6 Å². The van der Waals surface area contributed by atoms with E-state index in [9.17, 15) is 28.7 Å². The molecule has 3 heterocycles. The number of anilines is 1. The number of halogens is 2. The molecule has 1 aliphatic heterocycles. The number of pyridine rings is 1. The number of nitrogens with one attached hydrogen (secondary N) is 1. The van der Waals surface area contributed by atoms with Gasteiger partial charge in [-0.25, -0.2) is 18.7 Å². The van der Waals surface area contributed by atoms with Gasteiger partial charge in [0.25, 0.3) is 5.91 Å². The van der Waals surface area contributed by atoms with E-state index >= 15 is 0 Å². The summed E-state index contributed by atoms with van der Waals surface area (Å²) in [5.41, 5.74) is 0.615. The van der Waals surface area contributed by atoms with Crippen molar-refractivity contribution in [3.05, 3.63) is 76.5 Å². The summed E-state index contributed by atoms with van der Waals surface area (Å²) in [6, 6.07) is 3.83. The number of fused-ring (bicyclic) bond motifs is 1. The smallest absolute Gasteiger partial charge is 0.255 e. The summed E-state index contributed by atoms with van der Waals surface area (Å²) < 4.78 is 32.8. The first-order valence-electron chi connectivity index (χ1n) is 13.2. The summed E-state index contributed by atoms with van der Waals surface area (Å²) in [4.78, 5) is 38.5. The molecule has 2 aliphatic rings. The SMILES string of the molecule is C[C@@H](C(=O)Nc1cnc(Oc2ccc(F)cc2F)cn1)N1CCN(C(=O)c2cc[n+]([O-])c3c2CCC3O)C(C)(C)C1. The molecule has 1 fully saturated rings. The summed E-state index contributed by atoms with van der Waals surface area (Å²) in [6.45, 7) is 6.80. The Morgan fingerprint density at radius 2 is 2.00 bits per heavy atom. The van der Waals surface area contributed by atoms with Crippen LogP contribution in [0.25, 0.3) is 0 Å². The summed E-state index contributed by atoms with van der Waals surface area (Å²) >= 11 is 0. The molecular weight excluding hydrogens is 538 g/mol. The Balaban J connectivity index is 1.21. The van der Waals surface area contributed by atoms with E-state index in [0.29, 0.717) is 54.4 Å². The molecule has 1 aromatic carbocycles. The molecule has 1 saturated heterocycles. The molecule has 1 unspecified atom stereocenters. The Hall–Kier alpha value is -4.23. The normalized spacial score (nSPS) is 19.0. The molecule has 1 aliphatic carbocycles. The minimum atomic E-state index is -0.884. The van der Waals surface area contributed by atoms with Gasteiger partial charge in [0, 0.05) is 37.3 Å². The fourth-order valence-electron chi connectivity index (χ4n) is 5.37. The van der Waals surface area contributed by atoms with Crippen molar-refractivity contribution in [2.75, 3.05) is 25.0 Å². The summed E-state index contributed by atoms with van der Waals surface area (Å²) in [5, 5.41) is 25.1. The van der Waals surface area contributed by atoms with E-state index in [1.807, 2.05) is 18.7 Å². The fourth-order valence-corrected chi connectivity index (χ4v) is 5.37. The maximum atomic E-state index is 13.8. The summed E-state index contributed by atoms with van der Waals surface area (Å²) in [5.74, 6) is -2.24. The first kappa shape index (κ1) is 28.3. The van der Waals surface area contributed by atoms with E-state index in [0.717, 1.165) is 12.1 Å². The zero-order chi connectivity index (χ0) is 29.5. The molecule has 13 heteroatoms. The zero-order valence-electron chi connectivity index (χ0n) is 22.8. The summed E-state index contributed by atoms with van der Waals surface area (Å²) in [7, 11) is 0. The lowest BCUT2D eigenvalue weighted by Gasteiger charge is -2.48. The maximum Gasteiger partial charge on any atom is 0.255 e.